The predicted molar refractivity (Wildman–Crippen MR) is 97.7 cm³/mol. The molecule has 0 radical (unpaired) electrons. The molecule has 2 aliphatic rings. The molecule has 4 heteroatoms. The normalized spacial score (nSPS) is 14.2. The number of para-hydroxylation sites is 1. The molecule has 3 aromatic rings. The molecule has 0 atom stereocenters. The molecule has 2 aliphatic carbocycles. The highest BCUT2D eigenvalue weighted by Crippen LogP contribution is 2.46. The molecule has 0 amide bonds. The van der Waals surface area contributed by atoms with Gasteiger partial charge in [-0.3, -0.25) is 14.6 Å². The van der Waals surface area contributed by atoms with Gasteiger partial charge in [-0.2, -0.15) is 0 Å². The average molecular weight is 341 g/mol. The average Bonchev–Trinajstić information content (AvgIpc) is 3.19. The van der Waals surface area contributed by atoms with E-state index < -0.39 is 0 Å². The molecule has 126 valence electrons. The maximum Gasteiger partial charge on any atom is 0.196 e. The Hall–Kier alpha value is -3.27. The fourth-order valence-corrected chi connectivity index (χ4v) is 4.03. The monoisotopic (exact) mass is 341 g/mol. The van der Waals surface area contributed by atoms with Crippen LogP contribution in [0.5, 0.6) is 5.75 Å². The van der Waals surface area contributed by atoms with Crippen molar-refractivity contribution in [1.29, 1.82) is 0 Å². The molecule has 0 saturated heterocycles. The van der Waals surface area contributed by atoms with Crippen LogP contribution in [0.1, 0.15) is 38.4 Å². The second-order valence-electron chi connectivity index (χ2n) is 6.53. The number of carbonyl (C=O) groups is 2. The van der Waals surface area contributed by atoms with Gasteiger partial charge in [-0.15, -0.1) is 0 Å². The van der Waals surface area contributed by atoms with Crippen LogP contribution in [0.4, 0.5) is 0 Å². The number of pyridine rings is 1. The van der Waals surface area contributed by atoms with Crippen molar-refractivity contribution < 1.29 is 14.3 Å². The summed E-state index contributed by atoms with van der Waals surface area (Å²) in [6.07, 6.45) is 1.04. The molecule has 5 rings (SSSR count). The molecule has 1 heterocycles. The van der Waals surface area contributed by atoms with Crippen molar-refractivity contribution >= 4 is 11.6 Å². The largest absolute Gasteiger partial charge is 0.496 e. The van der Waals surface area contributed by atoms with Crippen LogP contribution in [0, 0.1) is 0 Å². The Morgan fingerprint density at radius 1 is 0.808 bits per heavy atom. The molecule has 0 aliphatic heterocycles. The second-order valence-corrected chi connectivity index (χ2v) is 6.53. The number of aryl methyl sites for hydroxylation is 1. The van der Waals surface area contributed by atoms with Crippen LogP contribution in [-0.4, -0.2) is 23.7 Å². The first-order valence-electron chi connectivity index (χ1n) is 8.58. The summed E-state index contributed by atoms with van der Waals surface area (Å²) in [5.74, 6) is 0.609. The Labute approximate surface area is 150 Å². The van der Waals surface area contributed by atoms with Gasteiger partial charge >= 0.3 is 0 Å². The van der Waals surface area contributed by atoms with E-state index in [4.69, 9.17) is 9.72 Å². The van der Waals surface area contributed by atoms with Gasteiger partial charge < -0.3 is 4.74 Å². The first-order chi connectivity index (χ1) is 12.7. The van der Waals surface area contributed by atoms with Crippen molar-refractivity contribution in [2.75, 3.05) is 7.11 Å². The van der Waals surface area contributed by atoms with Crippen molar-refractivity contribution in [1.82, 2.24) is 4.98 Å². The summed E-state index contributed by atoms with van der Waals surface area (Å²) in [6, 6.07) is 15.0. The van der Waals surface area contributed by atoms with Crippen LogP contribution in [0.25, 0.3) is 22.4 Å². The van der Waals surface area contributed by atoms with E-state index in [-0.39, 0.29) is 11.6 Å². The third kappa shape index (κ3) is 1.87. The highest BCUT2D eigenvalue weighted by Gasteiger charge is 2.37. The van der Waals surface area contributed by atoms with Crippen molar-refractivity contribution in [3.8, 4) is 28.1 Å². The lowest BCUT2D eigenvalue weighted by atomic mass is 9.91. The van der Waals surface area contributed by atoms with E-state index in [1.807, 2.05) is 48.5 Å². The van der Waals surface area contributed by atoms with E-state index in [2.05, 4.69) is 0 Å². The van der Waals surface area contributed by atoms with E-state index in [0.717, 1.165) is 16.8 Å². The van der Waals surface area contributed by atoms with E-state index in [9.17, 15) is 9.59 Å². The van der Waals surface area contributed by atoms with Crippen LogP contribution in [0.15, 0.2) is 48.5 Å². The van der Waals surface area contributed by atoms with Gasteiger partial charge in [0, 0.05) is 34.2 Å². The van der Waals surface area contributed by atoms with Gasteiger partial charge in [-0.25, -0.2) is 0 Å². The van der Waals surface area contributed by atoms with Crippen LogP contribution >= 0.6 is 0 Å². The van der Waals surface area contributed by atoms with Crippen molar-refractivity contribution in [3.63, 3.8) is 0 Å². The van der Waals surface area contributed by atoms with Crippen molar-refractivity contribution in [2.45, 2.75) is 12.8 Å². The number of rotatable bonds is 2. The first kappa shape index (κ1) is 15.0. The number of aromatic nitrogens is 1. The predicted octanol–water partition coefficient (Wildman–Crippen LogP) is 4.10. The van der Waals surface area contributed by atoms with Gasteiger partial charge in [0.1, 0.15) is 5.75 Å². The topological polar surface area (TPSA) is 56.3 Å². The van der Waals surface area contributed by atoms with Gasteiger partial charge in [-0.05, 0) is 12.5 Å². The van der Waals surface area contributed by atoms with Gasteiger partial charge in [0.05, 0.1) is 24.1 Å². The molecule has 0 unspecified atom stereocenters. The maximum atomic E-state index is 13.2. The Morgan fingerprint density at radius 2 is 1.50 bits per heavy atom. The minimum atomic E-state index is -0.0773. The number of carbonyl (C=O) groups excluding carboxylic acids is 2. The summed E-state index contributed by atoms with van der Waals surface area (Å²) in [7, 11) is 1.60. The Morgan fingerprint density at radius 3 is 2.27 bits per heavy atom. The zero-order valence-electron chi connectivity index (χ0n) is 14.2. The molecule has 26 heavy (non-hydrogen) atoms. The third-order valence-corrected chi connectivity index (χ3v) is 5.17. The lowest BCUT2D eigenvalue weighted by Crippen LogP contribution is -2.07. The van der Waals surface area contributed by atoms with Gasteiger partial charge in [0.2, 0.25) is 0 Å². The maximum absolute atomic E-state index is 13.2. The molecule has 0 saturated carbocycles. The van der Waals surface area contributed by atoms with Gasteiger partial charge in [0.25, 0.3) is 0 Å². The molecule has 0 spiro atoms. The lowest BCUT2D eigenvalue weighted by molar-refractivity contribution is 0.0995. The first-order valence-corrected chi connectivity index (χ1v) is 8.58. The zero-order chi connectivity index (χ0) is 17.8. The second kappa shape index (κ2) is 5.36. The standard InChI is InChI=1S/C22H15NO3/c1-26-17-9-5-4-8-14(17)18-19-15(10-11-16(19)24)23-21-12-6-2-3-7-13(12)22(25)20(18)21/h2-9H,10-11H2,1H3. The molecule has 4 nitrogen and oxygen atoms in total. The highest BCUT2D eigenvalue weighted by molar-refractivity contribution is 6.26. The van der Waals surface area contributed by atoms with Gasteiger partial charge in [0.15, 0.2) is 11.6 Å². The number of methoxy groups -OCH3 is 1. The SMILES string of the molecule is COc1ccccc1-c1c2c(nc3c1C(=O)c1ccccc1-3)CCC2=O. The summed E-state index contributed by atoms with van der Waals surface area (Å²) < 4.78 is 5.52. The summed E-state index contributed by atoms with van der Waals surface area (Å²) >= 11 is 0. The minimum Gasteiger partial charge on any atom is -0.496 e. The fourth-order valence-electron chi connectivity index (χ4n) is 4.03. The van der Waals surface area contributed by atoms with Crippen molar-refractivity contribution in [3.05, 3.63) is 70.9 Å². The molecular formula is C22H15NO3. The van der Waals surface area contributed by atoms with Crippen molar-refractivity contribution in [2.24, 2.45) is 0 Å². The molecule has 0 fully saturated rings. The molecule has 0 N–H and O–H groups in total. The number of hydrogen-bond acceptors (Lipinski definition) is 4. The van der Waals surface area contributed by atoms with Crippen LogP contribution in [0.3, 0.4) is 0 Å². The number of ketones is 2. The molecular weight excluding hydrogens is 326 g/mol. The number of benzene rings is 2. The van der Waals surface area contributed by atoms with Crippen LogP contribution in [-0.2, 0) is 6.42 Å². The van der Waals surface area contributed by atoms with E-state index in [1.165, 1.54) is 0 Å². The zero-order valence-corrected chi connectivity index (χ0v) is 14.2. The summed E-state index contributed by atoms with van der Waals surface area (Å²) in [6.45, 7) is 0. The number of ether oxygens (including phenoxy) is 1. The quantitative estimate of drug-likeness (QED) is 0.551. The molecule has 0 bridgehead atoms. The van der Waals surface area contributed by atoms with Crippen LogP contribution < -0.4 is 4.74 Å². The van der Waals surface area contributed by atoms with E-state index >= 15 is 0 Å². The number of hydrogen-bond donors (Lipinski definition) is 0. The molecule has 1 aromatic heterocycles. The number of fused-ring (bicyclic) bond motifs is 4. The Balaban J connectivity index is 1.93. The minimum absolute atomic E-state index is 0.0416. The Bertz CT molecular complexity index is 1110. The van der Waals surface area contributed by atoms with E-state index in [0.29, 0.717) is 46.5 Å². The van der Waals surface area contributed by atoms with Crippen LogP contribution in [0.2, 0.25) is 0 Å². The number of nitrogens with zero attached hydrogens (tertiary/aromatic N) is 1. The summed E-state index contributed by atoms with van der Waals surface area (Å²) in [5, 5.41) is 0. The highest BCUT2D eigenvalue weighted by atomic mass is 16.5. The fraction of sp³-hybridized carbons (Fsp3) is 0.136. The lowest BCUT2D eigenvalue weighted by Gasteiger charge is -2.15. The van der Waals surface area contributed by atoms with E-state index in [1.54, 1.807) is 7.11 Å². The smallest absolute Gasteiger partial charge is 0.196 e. The third-order valence-electron chi connectivity index (χ3n) is 5.17. The van der Waals surface area contributed by atoms with Gasteiger partial charge in [-0.1, -0.05) is 42.5 Å². The molecule has 2 aromatic carbocycles. The number of Topliss-reactive ketones (excluding diaryl/α,β-unsaturated/α-hetero) is 1. The Kier molecular flexibility index (Phi) is 3.10. The summed E-state index contributed by atoms with van der Waals surface area (Å²) in [5.41, 5.74) is 5.47. The summed E-state index contributed by atoms with van der Waals surface area (Å²) in [4.78, 5) is 30.6.